The van der Waals surface area contributed by atoms with Gasteiger partial charge in [0, 0.05) is 26.3 Å². The van der Waals surface area contributed by atoms with Crippen LogP contribution in [-0.2, 0) is 9.53 Å². The summed E-state index contributed by atoms with van der Waals surface area (Å²) >= 11 is 0. The molecule has 0 radical (unpaired) electrons. The van der Waals surface area contributed by atoms with Crippen molar-refractivity contribution < 1.29 is 19.2 Å². The van der Waals surface area contributed by atoms with Crippen LogP contribution in [0.4, 0.5) is 5.69 Å². The lowest BCUT2D eigenvalue weighted by Crippen LogP contribution is -2.34. The molecule has 120 valence electrons. The van der Waals surface area contributed by atoms with E-state index in [1.165, 1.54) is 12.1 Å². The maximum Gasteiger partial charge on any atom is 0.310 e. The Morgan fingerprint density at radius 1 is 1.50 bits per heavy atom. The lowest BCUT2D eigenvalue weighted by Gasteiger charge is -2.20. The Labute approximate surface area is 129 Å². The Morgan fingerprint density at radius 3 is 2.95 bits per heavy atom. The molecule has 1 saturated heterocycles. The third kappa shape index (κ3) is 4.42. The number of hydrogen-bond donors (Lipinski definition) is 0. The Bertz CT molecular complexity index is 528. The second kappa shape index (κ2) is 7.74. The molecule has 0 bridgehead atoms. The van der Waals surface area contributed by atoms with Crippen LogP contribution in [0.5, 0.6) is 5.75 Å². The summed E-state index contributed by atoms with van der Waals surface area (Å²) in [5.41, 5.74) is -0.0948. The van der Waals surface area contributed by atoms with E-state index < -0.39 is 4.92 Å². The molecule has 0 aromatic heterocycles. The van der Waals surface area contributed by atoms with Crippen molar-refractivity contribution in [2.24, 2.45) is 0 Å². The van der Waals surface area contributed by atoms with Gasteiger partial charge in [-0.05, 0) is 18.9 Å². The van der Waals surface area contributed by atoms with Crippen LogP contribution < -0.4 is 4.74 Å². The average Bonchev–Trinajstić information content (AvgIpc) is 3.00. The quantitative estimate of drug-likeness (QED) is 0.568. The van der Waals surface area contributed by atoms with Gasteiger partial charge in [0.05, 0.1) is 24.1 Å². The standard InChI is InChI=1S/C15H20N2O5/c1-16(11-12-5-4-9-21-12)15(18)8-10-22-14-7-3-2-6-13(14)17(19)20/h2-3,6-7,12H,4-5,8-11H2,1H3. The predicted octanol–water partition coefficient (Wildman–Crippen LogP) is 2.00. The van der Waals surface area contributed by atoms with E-state index in [0.717, 1.165) is 19.4 Å². The van der Waals surface area contributed by atoms with Crippen LogP contribution in [0.3, 0.4) is 0 Å². The molecule has 1 amide bonds. The van der Waals surface area contributed by atoms with Gasteiger partial charge in [-0.3, -0.25) is 14.9 Å². The minimum Gasteiger partial charge on any atom is -0.486 e. The number of rotatable bonds is 7. The average molecular weight is 308 g/mol. The number of nitro groups is 1. The fourth-order valence-corrected chi connectivity index (χ4v) is 2.36. The first-order valence-corrected chi connectivity index (χ1v) is 7.29. The van der Waals surface area contributed by atoms with Crippen molar-refractivity contribution in [3.8, 4) is 5.75 Å². The maximum atomic E-state index is 12.0. The Hall–Kier alpha value is -2.15. The summed E-state index contributed by atoms with van der Waals surface area (Å²) in [5.74, 6) is 0.121. The maximum absolute atomic E-state index is 12.0. The van der Waals surface area contributed by atoms with Gasteiger partial charge in [-0.25, -0.2) is 0 Å². The summed E-state index contributed by atoms with van der Waals surface area (Å²) in [4.78, 5) is 24.0. The molecule has 1 fully saturated rings. The number of ether oxygens (including phenoxy) is 2. The fraction of sp³-hybridized carbons (Fsp3) is 0.533. The van der Waals surface area contributed by atoms with Crippen LogP contribution in [-0.4, -0.2) is 48.6 Å². The van der Waals surface area contributed by atoms with E-state index >= 15 is 0 Å². The molecule has 0 saturated carbocycles. The van der Waals surface area contributed by atoms with Gasteiger partial charge in [-0.2, -0.15) is 0 Å². The molecule has 7 nitrogen and oxygen atoms in total. The van der Waals surface area contributed by atoms with Crippen LogP contribution >= 0.6 is 0 Å². The second-order valence-corrected chi connectivity index (χ2v) is 5.23. The summed E-state index contributed by atoms with van der Waals surface area (Å²) in [6.07, 6.45) is 2.30. The molecule has 22 heavy (non-hydrogen) atoms. The summed E-state index contributed by atoms with van der Waals surface area (Å²) in [5, 5.41) is 10.9. The number of hydrogen-bond acceptors (Lipinski definition) is 5. The van der Waals surface area contributed by atoms with Gasteiger partial charge in [0.1, 0.15) is 0 Å². The Kier molecular flexibility index (Phi) is 5.71. The van der Waals surface area contributed by atoms with Gasteiger partial charge in [0.25, 0.3) is 0 Å². The van der Waals surface area contributed by atoms with E-state index in [1.54, 1.807) is 24.1 Å². The molecule has 0 spiro atoms. The van der Waals surface area contributed by atoms with E-state index in [1.807, 2.05) is 0 Å². The molecule has 1 aliphatic heterocycles. The minimum atomic E-state index is -0.499. The molecule has 0 N–H and O–H groups in total. The van der Waals surface area contributed by atoms with Crippen LogP contribution in [0.2, 0.25) is 0 Å². The van der Waals surface area contributed by atoms with Gasteiger partial charge in [0.2, 0.25) is 5.91 Å². The number of para-hydroxylation sites is 2. The number of benzene rings is 1. The van der Waals surface area contributed by atoms with Gasteiger partial charge < -0.3 is 14.4 Å². The van der Waals surface area contributed by atoms with Crippen molar-refractivity contribution in [1.29, 1.82) is 0 Å². The van der Waals surface area contributed by atoms with Crippen molar-refractivity contribution in [1.82, 2.24) is 4.90 Å². The summed E-state index contributed by atoms with van der Waals surface area (Å²) in [6.45, 7) is 1.44. The molecule has 7 heteroatoms. The largest absolute Gasteiger partial charge is 0.486 e. The summed E-state index contributed by atoms with van der Waals surface area (Å²) in [6, 6.07) is 6.14. The molecule has 1 aliphatic rings. The zero-order chi connectivity index (χ0) is 15.9. The van der Waals surface area contributed by atoms with Crippen molar-refractivity contribution in [3.63, 3.8) is 0 Å². The van der Waals surface area contributed by atoms with Crippen molar-refractivity contribution in [2.75, 3.05) is 26.8 Å². The zero-order valence-corrected chi connectivity index (χ0v) is 12.6. The number of likely N-dealkylation sites (N-methyl/N-ethyl adjacent to an activating group) is 1. The summed E-state index contributed by atoms with van der Waals surface area (Å²) in [7, 11) is 1.73. The highest BCUT2D eigenvalue weighted by molar-refractivity contribution is 5.76. The van der Waals surface area contributed by atoms with Gasteiger partial charge in [-0.15, -0.1) is 0 Å². The van der Waals surface area contributed by atoms with E-state index in [4.69, 9.17) is 9.47 Å². The third-order valence-corrected chi connectivity index (χ3v) is 3.56. The first kappa shape index (κ1) is 16.2. The molecular formula is C15H20N2O5. The third-order valence-electron chi connectivity index (χ3n) is 3.56. The number of nitro benzene ring substituents is 1. The van der Waals surface area contributed by atoms with Crippen LogP contribution in [0, 0.1) is 10.1 Å². The van der Waals surface area contributed by atoms with Gasteiger partial charge >= 0.3 is 5.69 Å². The van der Waals surface area contributed by atoms with E-state index in [0.29, 0.717) is 6.54 Å². The number of amides is 1. The molecule has 1 unspecified atom stereocenters. The Balaban J connectivity index is 1.78. The first-order valence-electron chi connectivity index (χ1n) is 7.29. The van der Waals surface area contributed by atoms with Crippen LogP contribution in [0.15, 0.2) is 24.3 Å². The SMILES string of the molecule is CN(CC1CCCO1)C(=O)CCOc1ccccc1[N+](=O)[O-]. The molecule has 1 aromatic rings. The molecule has 1 atom stereocenters. The highest BCUT2D eigenvalue weighted by Crippen LogP contribution is 2.25. The predicted molar refractivity (Wildman–Crippen MR) is 79.8 cm³/mol. The number of nitrogens with zero attached hydrogens (tertiary/aromatic N) is 2. The minimum absolute atomic E-state index is 0.0610. The fourth-order valence-electron chi connectivity index (χ4n) is 2.36. The van der Waals surface area contributed by atoms with E-state index in [2.05, 4.69) is 0 Å². The van der Waals surface area contributed by atoms with Crippen LogP contribution in [0.25, 0.3) is 0 Å². The van der Waals surface area contributed by atoms with Gasteiger partial charge in [0.15, 0.2) is 5.75 Å². The highest BCUT2D eigenvalue weighted by atomic mass is 16.6. The summed E-state index contributed by atoms with van der Waals surface area (Å²) < 4.78 is 10.9. The molecule has 2 rings (SSSR count). The molecular weight excluding hydrogens is 288 g/mol. The van der Waals surface area contributed by atoms with E-state index in [9.17, 15) is 14.9 Å². The lowest BCUT2D eigenvalue weighted by molar-refractivity contribution is -0.385. The monoisotopic (exact) mass is 308 g/mol. The van der Waals surface area contributed by atoms with Crippen molar-refractivity contribution in [3.05, 3.63) is 34.4 Å². The zero-order valence-electron chi connectivity index (χ0n) is 12.6. The topological polar surface area (TPSA) is 81.9 Å². The van der Waals surface area contributed by atoms with Crippen LogP contribution in [0.1, 0.15) is 19.3 Å². The smallest absolute Gasteiger partial charge is 0.310 e. The molecule has 1 heterocycles. The molecule has 0 aliphatic carbocycles. The number of carbonyl (C=O) groups excluding carboxylic acids is 1. The molecule has 1 aromatic carbocycles. The normalized spacial score (nSPS) is 17.2. The van der Waals surface area contributed by atoms with Gasteiger partial charge in [-0.1, -0.05) is 12.1 Å². The highest BCUT2D eigenvalue weighted by Gasteiger charge is 2.20. The Morgan fingerprint density at radius 2 is 2.27 bits per heavy atom. The number of carbonyl (C=O) groups is 1. The van der Waals surface area contributed by atoms with Crippen molar-refractivity contribution >= 4 is 11.6 Å². The lowest BCUT2D eigenvalue weighted by atomic mass is 10.2. The van der Waals surface area contributed by atoms with Crippen molar-refractivity contribution in [2.45, 2.75) is 25.4 Å². The first-order chi connectivity index (χ1) is 10.6. The second-order valence-electron chi connectivity index (χ2n) is 5.23. The van der Waals surface area contributed by atoms with E-state index in [-0.39, 0.29) is 36.5 Å².